The minimum absolute atomic E-state index is 0.161. The number of nitrogens with zero attached hydrogens (tertiary/aromatic N) is 4. The Balaban J connectivity index is 1.64. The molecule has 0 saturated heterocycles. The Morgan fingerprint density at radius 1 is 0.714 bits per heavy atom. The number of hydrazone groups is 2. The summed E-state index contributed by atoms with van der Waals surface area (Å²) in [6.45, 7) is 10.4. The Morgan fingerprint density at radius 3 is 1.60 bits per heavy atom. The number of ether oxygens (including phenoxy) is 2. The van der Waals surface area contributed by atoms with Crippen molar-refractivity contribution in [2.75, 3.05) is 23.7 Å². The van der Waals surface area contributed by atoms with Crippen LogP contribution in [0.2, 0.25) is 0 Å². The van der Waals surface area contributed by atoms with Crippen LogP contribution in [0.5, 0.6) is 11.5 Å². The van der Waals surface area contributed by atoms with Gasteiger partial charge < -0.3 is 9.47 Å². The van der Waals surface area contributed by atoms with E-state index in [1.54, 1.807) is 7.11 Å². The van der Waals surface area contributed by atoms with Crippen molar-refractivity contribution in [3.63, 3.8) is 0 Å². The lowest BCUT2D eigenvalue weighted by atomic mass is 9.71. The molecule has 2 aliphatic rings. The molecule has 2 heterocycles. The van der Waals surface area contributed by atoms with Gasteiger partial charge in [-0.25, -0.2) is 10.0 Å². The van der Waals surface area contributed by atoms with E-state index >= 15 is 0 Å². The number of amides is 2. The van der Waals surface area contributed by atoms with E-state index < -0.39 is 17.8 Å². The summed E-state index contributed by atoms with van der Waals surface area (Å²) in [4.78, 5) is 28.7. The fourth-order valence-electron chi connectivity index (χ4n) is 5.82. The van der Waals surface area contributed by atoms with Gasteiger partial charge in [-0.1, -0.05) is 55.3 Å². The van der Waals surface area contributed by atoms with Gasteiger partial charge in [0.25, 0.3) is 11.8 Å². The Labute approximate surface area is 247 Å². The van der Waals surface area contributed by atoms with Crippen LogP contribution in [0, 0.1) is 25.7 Å². The number of hydrogen-bond acceptors (Lipinski definition) is 6. The first-order valence-corrected chi connectivity index (χ1v) is 14.6. The van der Waals surface area contributed by atoms with E-state index in [0.29, 0.717) is 42.3 Å². The van der Waals surface area contributed by atoms with Crippen LogP contribution in [-0.4, -0.2) is 37.0 Å². The lowest BCUT2D eigenvalue weighted by molar-refractivity contribution is -0.122. The van der Waals surface area contributed by atoms with Gasteiger partial charge in [0, 0.05) is 5.92 Å². The van der Waals surface area contributed by atoms with Crippen molar-refractivity contribution < 1.29 is 19.1 Å². The van der Waals surface area contributed by atoms with Crippen LogP contribution in [0.25, 0.3) is 0 Å². The molecule has 3 aromatic rings. The lowest BCUT2D eigenvalue weighted by Crippen LogP contribution is -2.40. The predicted molar refractivity (Wildman–Crippen MR) is 167 cm³/mol. The third-order valence-electron chi connectivity index (χ3n) is 8.00. The highest BCUT2D eigenvalue weighted by Crippen LogP contribution is 2.45. The maximum Gasteiger partial charge on any atom is 0.256 e. The van der Waals surface area contributed by atoms with E-state index in [2.05, 4.69) is 0 Å². The Bertz CT molecular complexity index is 1440. The summed E-state index contributed by atoms with van der Waals surface area (Å²) in [6, 6.07) is 21.1. The van der Waals surface area contributed by atoms with Gasteiger partial charge in [-0.15, -0.1) is 0 Å². The molecule has 0 aromatic heterocycles. The van der Waals surface area contributed by atoms with Crippen LogP contribution in [0.3, 0.4) is 0 Å². The van der Waals surface area contributed by atoms with Gasteiger partial charge in [-0.2, -0.15) is 10.2 Å². The van der Waals surface area contributed by atoms with Crippen molar-refractivity contribution in [2.45, 2.75) is 53.4 Å². The maximum atomic E-state index is 14.3. The second-order valence-corrected chi connectivity index (χ2v) is 10.7. The lowest BCUT2D eigenvalue weighted by Gasteiger charge is -2.30. The van der Waals surface area contributed by atoms with E-state index in [9.17, 15) is 9.59 Å². The molecule has 0 aliphatic carbocycles. The molecular weight excluding hydrogens is 528 g/mol. The number of benzene rings is 3. The molecule has 8 nitrogen and oxygen atoms in total. The highest BCUT2D eigenvalue weighted by molar-refractivity contribution is 6.20. The number of aryl methyl sites for hydroxylation is 2. The fourth-order valence-corrected chi connectivity index (χ4v) is 5.82. The summed E-state index contributed by atoms with van der Waals surface area (Å²) >= 11 is 0. The zero-order chi connectivity index (χ0) is 30.0. The van der Waals surface area contributed by atoms with Gasteiger partial charge in [-0.3, -0.25) is 9.59 Å². The number of methoxy groups -OCH3 is 1. The van der Waals surface area contributed by atoms with Gasteiger partial charge in [-0.05, 0) is 75.6 Å². The van der Waals surface area contributed by atoms with Gasteiger partial charge in [0.05, 0.1) is 48.4 Å². The average Bonchev–Trinajstić information content (AvgIpc) is 3.51. The topological polar surface area (TPSA) is 83.8 Å². The molecule has 42 heavy (non-hydrogen) atoms. The van der Waals surface area contributed by atoms with Crippen LogP contribution in [0.1, 0.15) is 56.2 Å². The standard InChI is InChI=1S/C34H38N4O4/c1-7-26-31(33(39)37(35-26)24-15-10-21(4)11-16-24)30(23-14-19-28(42-9-3)29(20-23)41-6)32-27(8-2)36-38(34(32)40)25-17-12-22(5)13-18-25/h10-20,30-32H,7-9H2,1-6H3. The van der Waals surface area contributed by atoms with Crippen LogP contribution < -0.4 is 19.5 Å². The number of hydrogen-bond donors (Lipinski definition) is 0. The van der Waals surface area contributed by atoms with E-state index in [1.165, 1.54) is 10.0 Å². The number of carbonyl (C=O) groups is 2. The van der Waals surface area contributed by atoms with Crippen molar-refractivity contribution >= 4 is 34.6 Å². The first kappa shape index (κ1) is 29.0. The third kappa shape index (κ3) is 5.29. The molecule has 218 valence electrons. The van der Waals surface area contributed by atoms with Crippen LogP contribution in [-0.2, 0) is 9.59 Å². The molecule has 2 amide bonds. The summed E-state index contributed by atoms with van der Waals surface area (Å²) in [5, 5.41) is 12.6. The van der Waals surface area contributed by atoms with Crippen LogP contribution in [0.15, 0.2) is 76.9 Å². The number of rotatable bonds is 10. The largest absolute Gasteiger partial charge is 0.493 e. The van der Waals surface area contributed by atoms with E-state index in [1.807, 2.05) is 101 Å². The minimum atomic E-state index is -0.664. The predicted octanol–water partition coefficient (Wildman–Crippen LogP) is 6.65. The Kier molecular flexibility index (Phi) is 8.43. The molecule has 0 fully saturated rings. The molecule has 8 heteroatoms. The summed E-state index contributed by atoms with van der Waals surface area (Å²) in [6.07, 6.45) is 1.12. The molecule has 0 N–H and O–H groups in total. The first-order chi connectivity index (χ1) is 20.3. The van der Waals surface area contributed by atoms with E-state index in [0.717, 1.165) is 28.1 Å². The quantitative estimate of drug-likeness (QED) is 0.275. The first-order valence-electron chi connectivity index (χ1n) is 14.6. The Hall–Kier alpha value is -4.46. The van der Waals surface area contributed by atoms with Gasteiger partial charge in [0.2, 0.25) is 0 Å². The fraction of sp³-hybridized carbons (Fsp3) is 0.353. The highest BCUT2D eigenvalue weighted by atomic mass is 16.5. The SMILES string of the molecule is CCOc1ccc(C(C2C(=O)N(c3ccc(C)cc3)N=C2CC)C2C(=O)N(c3ccc(C)cc3)N=C2CC)cc1OC. The molecule has 2 unspecified atom stereocenters. The van der Waals surface area contributed by atoms with E-state index in [-0.39, 0.29) is 11.8 Å². The molecule has 0 bridgehead atoms. The van der Waals surface area contributed by atoms with Crippen LogP contribution >= 0.6 is 0 Å². The second-order valence-electron chi connectivity index (χ2n) is 10.7. The molecule has 0 spiro atoms. The zero-order valence-electron chi connectivity index (χ0n) is 25.1. The monoisotopic (exact) mass is 566 g/mol. The highest BCUT2D eigenvalue weighted by Gasteiger charge is 2.51. The van der Waals surface area contributed by atoms with Crippen molar-refractivity contribution in [1.29, 1.82) is 0 Å². The summed E-state index contributed by atoms with van der Waals surface area (Å²) < 4.78 is 11.5. The van der Waals surface area contributed by atoms with Crippen molar-refractivity contribution in [1.82, 2.24) is 0 Å². The van der Waals surface area contributed by atoms with Crippen molar-refractivity contribution in [3.05, 3.63) is 83.4 Å². The molecule has 2 aliphatic heterocycles. The Morgan fingerprint density at radius 2 is 1.19 bits per heavy atom. The third-order valence-corrected chi connectivity index (χ3v) is 8.00. The molecule has 3 aromatic carbocycles. The van der Waals surface area contributed by atoms with Gasteiger partial charge in [0.15, 0.2) is 11.5 Å². The van der Waals surface area contributed by atoms with E-state index in [4.69, 9.17) is 19.7 Å². The molecule has 0 saturated carbocycles. The molecule has 2 atom stereocenters. The normalized spacial score (nSPS) is 19.2. The number of anilines is 2. The van der Waals surface area contributed by atoms with Crippen molar-refractivity contribution in [2.24, 2.45) is 22.0 Å². The maximum absolute atomic E-state index is 14.3. The average molecular weight is 567 g/mol. The molecular formula is C34H38N4O4. The summed E-state index contributed by atoms with van der Waals surface area (Å²) in [7, 11) is 1.59. The smallest absolute Gasteiger partial charge is 0.256 e. The summed E-state index contributed by atoms with van der Waals surface area (Å²) in [5.74, 6) is -1.06. The molecule has 0 radical (unpaired) electrons. The van der Waals surface area contributed by atoms with Crippen molar-refractivity contribution in [3.8, 4) is 11.5 Å². The zero-order valence-corrected chi connectivity index (χ0v) is 25.1. The minimum Gasteiger partial charge on any atom is -0.493 e. The van der Waals surface area contributed by atoms with Crippen LogP contribution in [0.4, 0.5) is 11.4 Å². The molecule has 5 rings (SSSR count). The summed E-state index contributed by atoms with van der Waals surface area (Å²) in [5.41, 5.74) is 5.85. The number of carbonyl (C=O) groups excluding carboxylic acids is 2. The van der Waals surface area contributed by atoms with Gasteiger partial charge >= 0.3 is 0 Å². The van der Waals surface area contributed by atoms with Gasteiger partial charge in [0.1, 0.15) is 0 Å². The second kappa shape index (κ2) is 12.2.